The Morgan fingerprint density at radius 1 is 1.04 bits per heavy atom. The van der Waals surface area contributed by atoms with Crippen LogP contribution in [0.25, 0.3) is 0 Å². The monoisotopic (exact) mass is 389 g/mol. The summed E-state index contributed by atoms with van der Waals surface area (Å²) in [6, 6.07) is 7.61. The van der Waals surface area contributed by atoms with Crippen molar-refractivity contribution in [2.75, 3.05) is 24.4 Å². The van der Waals surface area contributed by atoms with Gasteiger partial charge in [-0.1, -0.05) is 5.16 Å². The van der Waals surface area contributed by atoms with Gasteiger partial charge in [-0.3, -0.25) is 14.4 Å². The Morgan fingerprint density at radius 3 is 2.36 bits per heavy atom. The van der Waals surface area contributed by atoms with E-state index in [4.69, 9.17) is 9.26 Å². The van der Waals surface area contributed by atoms with Crippen molar-refractivity contribution < 1.29 is 33.2 Å². The fourth-order valence-electron chi connectivity index (χ4n) is 2.07. The van der Waals surface area contributed by atoms with Crippen LogP contribution in [-0.2, 0) is 23.9 Å². The summed E-state index contributed by atoms with van der Waals surface area (Å²) >= 11 is 0. The van der Waals surface area contributed by atoms with E-state index in [1.807, 2.05) is 0 Å². The summed E-state index contributed by atoms with van der Waals surface area (Å²) in [4.78, 5) is 46.5. The summed E-state index contributed by atoms with van der Waals surface area (Å²) in [7, 11) is 1.27. The number of aryl methyl sites for hydroxylation is 1. The summed E-state index contributed by atoms with van der Waals surface area (Å²) in [6.45, 7) is 1.17. The molecule has 10 nitrogen and oxygen atoms in total. The van der Waals surface area contributed by atoms with Crippen LogP contribution < -0.4 is 10.6 Å². The predicted molar refractivity (Wildman–Crippen MR) is 96.5 cm³/mol. The first-order chi connectivity index (χ1) is 13.4. The first kappa shape index (κ1) is 20.6. The molecule has 148 valence electrons. The van der Waals surface area contributed by atoms with E-state index in [-0.39, 0.29) is 18.7 Å². The van der Waals surface area contributed by atoms with Crippen LogP contribution in [0, 0.1) is 6.92 Å². The van der Waals surface area contributed by atoms with E-state index in [2.05, 4.69) is 20.5 Å². The maximum absolute atomic E-state index is 11.9. The van der Waals surface area contributed by atoms with Gasteiger partial charge in [-0.25, -0.2) is 4.79 Å². The molecule has 0 atom stereocenters. The first-order valence-corrected chi connectivity index (χ1v) is 8.24. The van der Waals surface area contributed by atoms with Gasteiger partial charge in [0.15, 0.2) is 12.4 Å². The topological polar surface area (TPSA) is 137 Å². The average Bonchev–Trinajstić information content (AvgIpc) is 3.09. The van der Waals surface area contributed by atoms with Crippen molar-refractivity contribution in [1.82, 2.24) is 5.16 Å². The van der Waals surface area contributed by atoms with Crippen LogP contribution in [0.15, 0.2) is 34.9 Å². The quantitative estimate of drug-likeness (QED) is 0.651. The fourth-order valence-corrected chi connectivity index (χ4v) is 2.07. The van der Waals surface area contributed by atoms with Gasteiger partial charge in [0, 0.05) is 18.2 Å². The van der Waals surface area contributed by atoms with Gasteiger partial charge in [0.1, 0.15) is 5.76 Å². The third-order valence-electron chi connectivity index (χ3n) is 3.41. The van der Waals surface area contributed by atoms with Gasteiger partial charge < -0.3 is 24.6 Å². The molecule has 0 radical (unpaired) electrons. The van der Waals surface area contributed by atoms with Crippen molar-refractivity contribution in [3.8, 4) is 0 Å². The number of hydrogen-bond acceptors (Lipinski definition) is 8. The maximum Gasteiger partial charge on any atom is 0.337 e. The molecule has 0 aliphatic carbocycles. The van der Waals surface area contributed by atoms with Crippen LogP contribution in [0.2, 0.25) is 0 Å². The molecule has 0 aliphatic rings. The van der Waals surface area contributed by atoms with Crippen molar-refractivity contribution in [3.63, 3.8) is 0 Å². The summed E-state index contributed by atoms with van der Waals surface area (Å²) in [5.41, 5.74) is 0.816. The highest BCUT2D eigenvalue weighted by Crippen LogP contribution is 2.11. The number of benzene rings is 1. The normalized spacial score (nSPS) is 10.1. The number of nitrogens with one attached hydrogen (secondary N) is 2. The van der Waals surface area contributed by atoms with E-state index >= 15 is 0 Å². The van der Waals surface area contributed by atoms with Crippen LogP contribution >= 0.6 is 0 Å². The Kier molecular flexibility index (Phi) is 7.26. The molecule has 1 heterocycles. The molecule has 10 heteroatoms. The molecular formula is C18H19N3O7. The van der Waals surface area contributed by atoms with E-state index in [1.54, 1.807) is 19.1 Å². The third-order valence-corrected chi connectivity index (χ3v) is 3.41. The van der Waals surface area contributed by atoms with Crippen LogP contribution in [0.5, 0.6) is 0 Å². The lowest BCUT2D eigenvalue weighted by Crippen LogP contribution is -2.22. The summed E-state index contributed by atoms with van der Waals surface area (Å²) < 4.78 is 14.2. The van der Waals surface area contributed by atoms with Crippen LogP contribution in [-0.4, -0.2) is 42.6 Å². The van der Waals surface area contributed by atoms with Gasteiger partial charge in [0.2, 0.25) is 5.91 Å². The zero-order chi connectivity index (χ0) is 20.5. The van der Waals surface area contributed by atoms with Gasteiger partial charge in [0.25, 0.3) is 5.91 Å². The Balaban J connectivity index is 1.68. The Hall–Kier alpha value is -3.69. The Labute approximate surface area is 160 Å². The van der Waals surface area contributed by atoms with E-state index in [1.165, 1.54) is 25.3 Å². The summed E-state index contributed by atoms with van der Waals surface area (Å²) in [5.74, 6) is -1.41. The lowest BCUT2D eigenvalue weighted by atomic mass is 10.2. The van der Waals surface area contributed by atoms with E-state index < -0.39 is 30.4 Å². The number of esters is 2. The van der Waals surface area contributed by atoms with E-state index in [9.17, 15) is 19.2 Å². The van der Waals surface area contributed by atoms with Crippen LogP contribution in [0.1, 0.15) is 29.0 Å². The number of rotatable bonds is 8. The number of amides is 2. The van der Waals surface area contributed by atoms with Crippen molar-refractivity contribution in [3.05, 3.63) is 41.7 Å². The molecule has 0 unspecified atom stereocenters. The second kappa shape index (κ2) is 9.86. The average molecular weight is 389 g/mol. The largest absolute Gasteiger partial charge is 0.465 e. The minimum Gasteiger partial charge on any atom is -0.465 e. The Morgan fingerprint density at radius 2 is 1.75 bits per heavy atom. The fraction of sp³-hybridized carbons (Fsp3) is 0.278. The second-order valence-electron chi connectivity index (χ2n) is 5.65. The first-order valence-electron chi connectivity index (χ1n) is 8.24. The molecule has 0 saturated carbocycles. The van der Waals surface area contributed by atoms with E-state index in [0.717, 1.165) is 0 Å². The van der Waals surface area contributed by atoms with Crippen LogP contribution in [0.3, 0.4) is 0 Å². The molecule has 28 heavy (non-hydrogen) atoms. The van der Waals surface area contributed by atoms with Gasteiger partial charge in [-0.2, -0.15) is 0 Å². The van der Waals surface area contributed by atoms with Gasteiger partial charge in [0.05, 0.1) is 19.1 Å². The molecular weight excluding hydrogens is 370 g/mol. The number of anilines is 2. The van der Waals surface area contributed by atoms with Gasteiger partial charge >= 0.3 is 11.9 Å². The lowest BCUT2D eigenvalue weighted by Gasteiger charge is -2.07. The maximum atomic E-state index is 11.9. The van der Waals surface area contributed by atoms with Crippen LogP contribution in [0.4, 0.5) is 11.5 Å². The highest BCUT2D eigenvalue weighted by molar-refractivity contribution is 5.95. The van der Waals surface area contributed by atoms with E-state index in [0.29, 0.717) is 17.0 Å². The lowest BCUT2D eigenvalue weighted by molar-refractivity contribution is -0.147. The molecule has 0 aliphatic heterocycles. The number of hydrogen-bond donors (Lipinski definition) is 2. The number of methoxy groups -OCH3 is 1. The molecule has 1 aromatic heterocycles. The number of aromatic nitrogens is 1. The summed E-state index contributed by atoms with van der Waals surface area (Å²) in [5, 5.41) is 8.56. The Bertz CT molecular complexity index is 858. The highest BCUT2D eigenvalue weighted by Gasteiger charge is 2.12. The smallest absolute Gasteiger partial charge is 0.337 e. The van der Waals surface area contributed by atoms with Gasteiger partial charge in [-0.15, -0.1) is 0 Å². The summed E-state index contributed by atoms with van der Waals surface area (Å²) in [6.07, 6.45) is -0.315. The van der Waals surface area contributed by atoms with Crippen molar-refractivity contribution in [2.24, 2.45) is 0 Å². The number of ether oxygens (including phenoxy) is 2. The number of nitrogens with zero attached hydrogens (tertiary/aromatic N) is 1. The number of carbonyl (C=O) groups excluding carboxylic acids is 4. The molecule has 2 amide bonds. The molecule has 2 N–H and O–H groups in total. The van der Waals surface area contributed by atoms with Crippen molar-refractivity contribution >= 4 is 35.3 Å². The molecule has 0 spiro atoms. The van der Waals surface area contributed by atoms with Gasteiger partial charge in [-0.05, 0) is 31.2 Å². The minimum atomic E-state index is -0.692. The standard InChI is InChI=1S/C18H19N3O7/c1-11-9-14(21-28-11)20-16(23)10-27-17(24)8-7-15(22)19-13-5-3-12(4-6-13)18(25)26-2/h3-6,9H,7-8,10H2,1-2H3,(H,19,22)(H,20,21,23). The SMILES string of the molecule is COC(=O)c1ccc(NC(=O)CCC(=O)OCC(=O)Nc2cc(C)on2)cc1. The zero-order valence-corrected chi connectivity index (χ0v) is 15.3. The molecule has 1 aromatic carbocycles. The molecule has 0 fully saturated rings. The number of carbonyl (C=O) groups is 4. The molecule has 0 saturated heterocycles. The zero-order valence-electron chi connectivity index (χ0n) is 15.3. The second-order valence-corrected chi connectivity index (χ2v) is 5.65. The minimum absolute atomic E-state index is 0.123. The van der Waals surface area contributed by atoms with Crippen molar-refractivity contribution in [1.29, 1.82) is 0 Å². The molecule has 2 aromatic rings. The third kappa shape index (κ3) is 6.56. The predicted octanol–water partition coefficient (Wildman–Crippen LogP) is 1.67. The molecule has 2 rings (SSSR count). The highest BCUT2D eigenvalue weighted by atomic mass is 16.5. The molecule has 0 bridgehead atoms. The van der Waals surface area contributed by atoms with Crippen molar-refractivity contribution in [2.45, 2.75) is 19.8 Å².